The lowest BCUT2D eigenvalue weighted by atomic mass is 10.1. The van der Waals surface area contributed by atoms with Crippen molar-refractivity contribution in [1.82, 2.24) is 0 Å². The first-order valence-corrected chi connectivity index (χ1v) is 10.1. The van der Waals surface area contributed by atoms with Gasteiger partial charge in [0.2, 0.25) is 0 Å². The summed E-state index contributed by atoms with van der Waals surface area (Å²) in [6.45, 7) is 0. The summed E-state index contributed by atoms with van der Waals surface area (Å²) in [5.41, 5.74) is 2.77. The molecule has 0 amide bonds. The lowest BCUT2D eigenvalue weighted by Gasteiger charge is -2.08. The summed E-state index contributed by atoms with van der Waals surface area (Å²) in [5, 5.41) is 0. The van der Waals surface area contributed by atoms with Crippen LogP contribution in [0.2, 0.25) is 8.67 Å². The van der Waals surface area contributed by atoms with Crippen molar-refractivity contribution in [2.75, 3.05) is 4.72 Å². The van der Waals surface area contributed by atoms with Crippen molar-refractivity contribution >= 4 is 50.2 Å². The molecule has 0 fully saturated rings. The molecule has 2 aromatic carbocycles. The average Bonchev–Trinajstić information content (AvgIpc) is 2.90. The highest BCUT2D eigenvalue weighted by Crippen LogP contribution is 2.35. The zero-order valence-electron chi connectivity index (χ0n) is 12.4. The van der Waals surface area contributed by atoms with Crippen LogP contribution in [0.25, 0.3) is 0 Å². The molecule has 3 nitrogen and oxygen atoms in total. The Bertz CT molecular complexity index is 936. The standard InChI is InChI=1S/C17H13Cl2NO2S2/c18-16-11-15(17(19)23-16)24(21,22)20-14-8-6-13(7-9-14)10-12-4-2-1-3-5-12/h1-9,11,20H,10H2. The van der Waals surface area contributed by atoms with E-state index in [2.05, 4.69) is 16.9 Å². The first kappa shape index (κ1) is 17.3. The molecule has 124 valence electrons. The molecule has 3 rings (SSSR count). The lowest BCUT2D eigenvalue weighted by Crippen LogP contribution is -2.12. The van der Waals surface area contributed by atoms with E-state index in [9.17, 15) is 8.42 Å². The number of hydrogen-bond acceptors (Lipinski definition) is 3. The molecule has 1 heterocycles. The van der Waals surface area contributed by atoms with Gasteiger partial charge in [0.25, 0.3) is 10.0 Å². The normalized spacial score (nSPS) is 11.4. The van der Waals surface area contributed by atoms with Crippen LogP contribution in [0, 0.1) is 0 Å². The maximum absolute atomic E-state index is 12.4. The molecule has 0 unspecified atom stereocenters. The second-order valence-corrected chi connectivity index (χ2v) is 9.09. The molecule has 1 aromatic heterocycles. The maximum atomic E-state index is 12.4. The molecule has 1 N–H and O–H groups in total. The van der Waals surface area contributed by atoms with Crippen molar-refractivity contribution in [1.29, 1.82) is 0 Å². The molecule has 0 saturated carbocycles. The molecule has 7 heteroatoms. The molecule has 0 atom stereocenters. The van der Waals surface area contributed by atoms with Crippen LogP contribution in [0.5, 0.6) is 0 Å². The number of hydrogen-bond donors (Lipinski definition) is 1. The number of thiophene rings is 1. The molecule has 0 spiro atoms. The minimum atomic E-state index is -3.75. The van der Waals surface area contributed by atoms with Gasteiger partial charge in [-0.05, 0) is 35.7 Å². The number of anilines is 1. The molecule has 24 heavy (non-hydrogen) atoms. The number of nitrogens with one attached hydrogen (secondary N) is 1. The van der Waals surface area contributed by atoms with E-state index in [0.717, 1.165) is 23.3 Å². The summed E-state index contributed by atoms with van der Waals surface area (Å²) < 4.78 is 27.7. The van der Waals surface area contributed by atoms with Gasteiger partial charge in [-0.3, -0.25) is 4.72 Å². The monoisotopic (exact) mass is 397 g/mol. The zero-order valence-corrected chi connectivity index (χ0v) is 15.5. The van der Waals surface area contributed by atoms with E-state index < -0.39 is 10.0 Å². The molecule has 3 aromatic rings. The molecule has 0 aliphatic rings. The fourth-order valence-electron chi connectivity index (χ4n) is 2.24. The Kier molecular flexibility index (Phi) is 5.15. The van der Waals surface area contributed by atoms with Gasteiger partial charge >= 0.3 is 0 Å². The second-order valence-electron chi connectivity index (χ2n) is 5.15. The predicted molar refractivity (Wildman–Crippen MR) is 101 cm³/mol. The van der Waals surface area contributed by atoms with Crippen molar-refractivity contribution < 1.29 is 8.42 Å². The van der Waals surface area contributed by atoms with Crippen molar-refractivity contribution in [3.8, 4) is 0 Å². The molecule has 0 bridgehead atoms. The Morgan fingerprint density at radius 3 is 2.12 bits per heavy atom. The summed E-state index contributed by atoms with van der Waals surface area (Å²) in [4.78, 5) is -0.00692. The summed E-state index contributed by atoms with van der Waals surface area (Å²) in [5.74, 6) is 0. The number of halogens is 2. The van der Waals surface area contributed by atoms with Crippen LogP contribution in [0.1, 0.15) is 11.1 Å². The quantitative estimate of drug-likeness (QED) is 0.622. The fourth-order valence-corrected chi connectivity index (χ4v) is 5.45. The molecular weight excluding hydrogens is 385 g/mol. The fraction of sp³-hybridized carbons (Fsp3) is 0.0588. The molecule has 0 aliphatic carbocycles. The third-order valence-corrected chi connectivity index (χ3v) is 6.51. The number of rotatable bonds is 5. The smallest absolute Gasteiger partial charge is 0.264 e. The average molecular weight is 398 g/mol. The Morgan fingerprint density at radius 2 is 1.54 bits per heavy atom. The highest BCUT2D eigenvalue weighted by molar-refractivity contribution is 7.93. The van der Waals surface area contributed by atoms with Crippen molar-refractivity contribution in [2.24, 2.45) is 0 Å². The van der Waals surface area contributed by atoms with E-state index in [1.807, 2.05) is 30.3 Å². The highest BCUT2D eigenvalue weighted by atomic mass is 35.5. The van der Waals surface area contributed by atoms with Crippen molar-refractivity contribution in [3.05, 3.63) is 80.5 Å². The van der Waals surface area contributed by atoms with Gasteiger partial charge in [-0.1, -0.05) is 65.7 Å². The lowest BCUT2D eigenvalue weighted by molar-refractivity contribution is 0.601. The summed E-state index contributed by atoms with van der Waals surface area (Å²) in [6, 6.07) is 18.7. The zero-order chi connectivity index (χ0) is 17.2. The molecule has 0 saturated heterocycles. The Labute approximate surface area is 154 Å². The van der Waals surface area contributed by atoms with Crippen LogP contribution in [0.3, 0.4) is 0 Å². The SMILES string of the molecule is O=S(=O)(Nc1ccc(Cc2ccccc2)cc1)c1cc(Cl)sc1Cl. The summed E-state index contributed by atoms with van der Waals surface area (Å²) in [6.07, 6.45) is 0.792. The third kappa shape index (κ3) is 4.11. The maximum Gasteiger partial charge on any atom is 0.264 e. The minimum Gasteiger partial charge on any atom is -0.280 e. The first-order chi connectivity index (χ1) is 11.4. The van der Waals surface area contributed by atoms with Gasteiger partial charge in [-0.25, -0.2) is 8.42 Å². The van der Waals surface area contributed by atoms with Gasteiger partial charge in [0.15, 0.2) is 0 Å². The van der Waals surface area contributed by atoms with Gasteiger partial charge in [0.05, 0.1) is 4.34 Å². The Morgan fingerprint density at radius 1 is 0.917 bits per heavy atom. The van der Waals surface area contributed by atoms with Crippen LogP contribution in [0.4, 0.5) is 5.69 Å². The largest absolute Gasteiger partial charge is 0.280 e. The molecule has 0 radical (unpaired) electrons. The van der Waals surface area contributed by atoms with Crippen molar-refractivity contribution in [2.45, 2.75) is 11.3 Å². The minimum absolute atomic E-state index is 0.00692. The number of benzene rings is 2. The summed E-state index contributed by atoms with van der Waals surface area (Å²) in [7, 11) is -3.75. The molecular formula is C17H13Cl2NO2S2. The molecule has 0 aliphatic heterocycles. The van der Waals surface area contributed by atoms with E-state index in [-0.39, 0.29) is 9.23 Å². The topological polar surface area (TPSA) is 46.2 Å². The van der Waals surface area contributed by atoms with Gasteiger partial charge < -0.3 is 0 Å². The number of sulfonamides is 1. The van der Waals surface area contributed by atoms with Crippen molar-refractivity contribution in [3.63, 3.8) is 0 Å². The van der Waals surface area contributed by atoms with E-state index in [0.29, 0.717) is 10.0 Å². The van der Waals surface area contributed by atoms with Gasteiger partial charge in [0.1, 0.15) is 9.23 Å². The van der Waals surface area contributed by atoms with E-state index in [1.54, 1.807) is 12.1 Å². The Balaban J connectivity index is 1.75. The Hall–Kier alpha value is -1.53. The van der Waals surface area contributed by atoms with Crippen LogP contribution >= 0.6 is 34.5 Å². The van der Waals surface area contributed by atoms with Crippen LogP contribution in [-0.2, 0) is 16.4 Å². The first-order valence-electron chi connectivity index (χ1n) is 7.04. The van der Waals surface area contributed by atoms with Crippen LogP contribution in [0.15, 0.2) is 65.6 Å². The summed E-state index contributed by atoms with van der Waals surface area (Å²) >= 11 is 12.8. The highest BCUT2D eigenvalue weighted by Gasteiger charge is 2.21. The van der Waals surface area contributed by atoms with Gasteiger partial charge in [-0.2, -0.15) is 0 Å². The third-order valence-electron chi connectivity index (χ3n) is 3.37. The predicted octanol–water partition coefficient (Wildman–Crippen LogP) is 5.45. The van der Waals surface area contributed by atoms with E-state index >= 15 is 0 Å². The van der Waals surface area contributed by atoms with Gasteiger partial charge in [0, 0.05) is 5.69 Å². The van der Waals surface area contributed by atoms with E-state index in [1.165, 1.54) is 11.6 Å². The second kappa shape index (κ2) is 7.15. The van der Waals surface area contributed by atoms with Crippen LogP contribution in [-0.4, -0.2) is 8.42 Å². The van der Waals surface area contributed by atoms with Crippen LogP contribution < -0.4 is 4.72 Å². The van der Waals surface area contributed by atoms with Gasteiger partial charge in [-0.15, -0.1) is 11.3 Å². The van der Waals surface area contributed by atoms with E-state index in [4.69, 9.17) is 23.2 Å².